The minimum Gasteiger partial charge on any atom is -0.319 e. The summed E-state index contributed by atoms with van der Waals surface area (Å²) in [4.78, 5) is 0. The van der Waals surface area contributed by atoms with Gasteiger partial charge in [-0.3, -0.25) is 0 Å². The Labute approximate surface area is 39.7 Å². The summed E-state index contributed by atoms with van der Waals surface area (Å²) in [5, 5.41) is 2.71. The van der Waals surface area contributed by atoms with Crippen LogP contribution in [0.15, 0.2) is 0 Å². The molecule has 0 aromatic rings. The van der Waals surface area contributed by atoms with Crippen LogP contribution in [0.1, 0.15) is 13.8 Å². The first kappa shape index (κ1) is 9.33. The van der Waals surface area contributed by atoms with Gasteiger partial charge in [0.2, 0.25) is 0 Å². The first-order valence-electron chi connectivity index (χ1n) is 2.26. The maximum absolute atomic E-state index is 4.92. The third-order valence-corrected chi connectivity index (χ3v) is 0.204. The zero-order valence-electron chi connectivity index (χ0n) is 4.78. The van der Waals surface area contributed by atoms with Gasteiger partial charge in [-0.05, 0) is 7.05 Å². The summed E-state index contributed by atoms with van der Waals surface area (Å²) in [5.41, 5.74) is 4.92. The first-order chi connectivity index (χ1) is 2.91. The molecule has 0 heterocycles. The fraction of sp³-hybridized carbons (Fsp3) is 1.00. The third kappa shape index (κ3) is 39.5. The van der Waals surface area contributed by atoms with Gasteiger partial charge in [-0.1, -0.05) is 13.8 Å². The molecular formula is C4H14N2. The molecule has 0 amide bonds. The van der Waals surface area contributed by atoms with E-state index in [1.165, 1.54) is 0 Å². The minimum absolute atomic E-state index is 0.569. The second kappa shape index (κ2) is 20.5. The Hall–Kier alpha value is -0.0800. The molecule has 0 bridgehead atoms. The third-order valence-electron chi connectivity index (χ3n) is 0.204. The molecule has 3 N–H and O–H groups in total. The van der Waals surface area contributed by atoms with Crippen molar-refractivity contribution in [2.75, 3.05) is 13.7 Å². The van der Waals surface area contributed by atoms with Crippen molar-refractivity contribution in [2.24, 2.45) is 5.73 Å². The molecule has 0 aliphatic rings. The van der Waals surface area contributed by atoms with E-state index in [0.29, 0.717) is 6.67 Å². The lowest BCUT2D eigenvalue weighted by Gasteiger charge is -1.77. The molecule has 0 spiro atoms. The molecule has 0 aliphatic carbocycles. The predicted octanol–water partition coefficient (Wildman–Crippen LogP) is 0.148. The molecule has 6 heavy (non-hydrogen) atoms. The smallest absolute Gasteiger partial charge is 0.0426 e. The molecule has 0 rings (SSSR count). The zero-order valence-corrected chi connectivity index (χ0v) is 4.78. The molecule has 0 saturated heterocycles. The average Bonchev–Trinajstić information content (AvgIpc) is 1.72. The van der Waals surface area contributed by atoms with Crippen molar-refractivity contribution in [2.45, 2.75) is 13.8 Å². The topological polar surface area (TPSA) is 38.0 Å². The Kier molecular flexibility index (Phi) is 31.9. The van der Waals surface area contributed by atoms with Crippen molar-refractivity contribution in [1.82, 2.24) is 5.32 Å². The van der Waals surface area contributed by atoms with Crippen LogP contribution in [0.2, 0.25) is 0 Å². The standard InChI is InChI=1S/C2H8N2.C2H6/c1-4-2-3;1-2/h4H,2-3H2,1H3;1-2H3. The Morgan fingerprint density at radius 2 is 1.67 bits per heavy atom. The van der Waals surface area contributed by atoms with Crippen LogP contribution in [0.5, 0.6) is 0 Å². The summed E-state index contributed by atoms with van der Waals surface area (Å²) in [7, 11) is 1.81. The van der Waals surface area contributed by atoms with E-state index in [9.17, 15) is 0 Å². The van der Waals surface area contributed by atoms with Crippen LogP contribution < -0.4 is 11.1 Å². The second-order valence-electron chi connectivity index (χ2n) is 0.558. The molecule has 40 valence electrons. The van der Waals surface area contributed by atoms with Crippen LogP contribution >= 0.6 is 0 Å². The van der Waals surface area contributed by atoms with Crippen molar-refractivity contribution in [3.05, 3.63) is 0 Å². The monoisotopic (exact) mass is 90.1 g/mol. The van der Waals surface area contributed by atoms with Gasteiger partial charge >= 0.3 is 0 Å². The normalized spacial score (nSPS) is 6.00. The summed E-state index contributed by atoms with van der Waals surface area (Å²) in [6, 6.07) is 0. The molecule has 0 fully saturated rings. The maximum Gasteiger partial charge on any atom is 0.0426 e. The van der Waals surface area contributed by atoms with E-state index in [2.05, 4.69) is 5.32 Å². The largest absolute Gasteiger partial charge is 0.319 e. The first-order valence-corrected chi connectivity index (χ1v) is 2.26. The molecule has 2 nitrogen and oxygen atoms in total. The van der Waals surface area contributed by atoms with Crippen LogP contribution in [0, 0.1) is 0 Å². The van der Waals surface area contributed by atoms with Gasteiger partial charge in [0.1, 0.15) is 0 Å². The Balaban J connectivity index is 0. The fourth-order valence-electron chi connectivity index (χ4n) is 0. The van der Waals surface area contributed by atoms with Gasteiger partial charge in [-0.25, -0.2) is 0 Å². The lowest BCUT2D eigenvalue weighted by molar-refractivity contribution is 0.833. The number of hydrogen-bond acceptors (Lipinski definition) is 2. The average molecular weight is 90.2 g/mol. The lowest BCUT2D eigenvalue weighted by Crippen LogP contribution is -2.15. The van der Waals surface area contributed by atoms with Crippen LogP contribution in [0.4, 0.5) is 0 Å². The van der Waals surface area contributed by atoms with Crippen molar-refractivity contribution in [3.63, 3.8) is 0 Å². The molecule has 2 heteroatoms. The lowest BCUT2D eigenvalue weighted by atomic mass is 11.0. The number of nitrogens with two attached hydrogens (primary N) is 1. The van der Waals surface area contributed by atoms with E-state index in [0.717, 1.165) is 0 Å². The predicted molar refractivity (Wildman–Crippen MR) is 29.5 cm³/mol. The van der Waals surface area contributed by atoms with Gasteiger partial charge in [0.25, 0.3) is 0 Å². The highest BCUT2D eigenvalue weighted by Crippen LogP contribution is 1.15. The maximum atomic E-state index is 4.92. The van der Waals surface area contributed by atoms with E-state index >= 15 is 0 Å². The molecule has 0 saturated carbocycles. The second-order valence-corrected chi connectivity index (χ2v) is 0.558. The number of nitrogens with one attached hydrogen (secondary N) is 1. The molecule has 0 atom stereocenters. The Morgan fingerprint density at radius 1 is 1.50 bits per heavy atom. The van der Waals surface area contributed by atoms with Gasteiger partial charge < -0.3 is 11.1 Å². The molecular weight excluding hydrogens is 76.1 g/mol. The molecule has 0 radical (unpaired) electrons. The van der Waals surface area contributed by atoms with Crippen LogP contribution in [-0.4, -0.2) is 13.7 Å². The number of hydrogen-bond donors (Lipinski definition) is 2. The van der Waals surface area contributed by atoms with Crippen molar-refractivity contribution in [1.29, 1.82) is 0 Å². The van der Waals surface area contributed by atoms with Crippen molar-refractivity contribution in [3.8, 4) is 0 Å². The Morgan fingerprint density at radius 3 is 1.67 bits per heavy atom. The van der Waals surface area contributed by atoms with E-state index in [1.807, 2.05) is 13.8 Å². The highest BCUT2D eigenvalue weighted by molar-refractivity contribution is 4.12. The van der Waals surface area contributed by atoms with Gasteiger partial charge in [-0.15, -0.1) is 0 Å². The molecule has 0 aliphatic heterocycles. The van der Waals surface area contributed by atoms with Crippen molar-refractivity contribution < 1.29 is 0 Å². The van der Waals surface area contributed by atoms with Gasteiger partial charge in [0, 0.05) is 6.67 Å². The summed E-state index contributed by atoms with van der Waals surface area (Å²) >= 11 is 0. The van der Waals surface area contributed by atoms with E-state index in [1.54, 1.807) is 7.05 Å². The van der Waals surface area contributed by atoms with E-state index in [-0.39, 0.29) is 0 Å². The summed E-state index contributed by atoms with van der Waals surface area (Å²) in [6.07, 6.45) is 0. The summed E-state index contributed by atoms with van der Waals surface area (Å²) < 4.78 is 0. The van der Waals surface area contributed by atoms with Gasteiger partial charge in [0.05, 0.1) is 0 Å². The highest BCUT2D eigenvalue weighted by atomic mass is 14.9. The number of rotatable bonds is 1. The van der Waals surface area contributed by atoms with Crippen LogP contribution in [0.25, 0.3) is 0 Å². The Bertz CT molecular complexity index is 7.51. The highest BCUT2D eigenvalue weighted by Gasteiger charge is 1.49. The minimum atomic E-state index is 0.569. The van der Waals surface area contributed by atoms with Crippen LogP contribution in [0.3, 0.4) is 0 Å². The van der Waals surface area contributed by atoms with Crippen molar-refractivity contribution >= 4 is 0 Å². The molecule has 0 aromatic heterocycles. The SMILES string of the molecule is CC.CNCN. The summed E-state index contributed by atoms with van der Waals surface area (Å²) in [6.45, 7) is 4.57. The summed E-state index contributed by atoms with van der Waals surface area (Å²) in [5.74, 6) is 0. The van der Waals surface area contributed by atoms with E-state index < -0.39 is 0 Å². The zero-order chi connectivity index (χ0) is 5.41. The van der Waals surface area contributed by atoms with E-state index in [4.69, 9.17) is 5.73 Å². The molecule has 0 aromatic carbocycles. The van der Waals surface area contributed by atoms with Gasteiger partial charge in [-0.2, -0.15) is 0 Å². The van der Waals surface area contributed by atoms with Gasteiger partial charge in [0.15, 0.2) is 0 Å². The van der Waals surface area contributed by atoms with Crippen LogP contribution in [-0.2, 0) is 0 Å². The molecule has 0 unspecified atom stereocenters. The quantitative estimate of drug-likeness (QED) is 0.450. The fourth-order valence-corrected chi connectivity index (χ4v) is 0.